The SMILES string of the molecule is C=CC(CCCCCC)n1c(=O)c2ccccc2n(CC)c1=O. The maximum atomic E-state index is 12.8. The average Bonchev–Trinajstić information content (AvgIpc) is 2.57. The Bertz CT molecular complexity index is 786. The zero-order valence-corrected chi connectivity index (χ0v) is 14.1. The van der Waals surface area contributed by atoms with Crippen molar-refractivity contribution in [3.8, 4) is 0 Å². The number of hydrogen-bond donors (Lipinski definition) is 0. The molecule has 0 N–H and O–H groups in total. The van der Waals surface area contributed by atoms with Crippen molar-refractivity contribution < 1.29 is 0 Å². The summed E-state index contributed by atoms with van der Waals surface area (Å²) in [5.74, 6) is 0. The van der Waals surface area contributed by atoms with Crippen LogP contribution in [0.2, 0.25) is 0 Å². The van der Waals surface area contributed by atoms with E-state index in [9.17, 15) is 9.59 Å². The van der Waals surface area contributed by atoms with Crippen molar-refractivity contribution in [2.45, 2.75) is 58.5 Å². The van der Waals surface area contributed by atoms with E-state index in [0.717, 1.165) is 25.7 Å². The summed E-state index contributed by atoms with van der Waals surface area (Å²) < 4.78 is 3.05. The van der Waals surface area contributed by atoms with Gasteiger partial charge in [0, 0.05) is 6.54 Å². The molecule has 23 heavy (non-hydrogen) atoms. The first-order valence-corrected chi connectivity index (χ1v) is 8.52. The number of hydrogen-bond acceptors (Lipinski definition) is 2. The van der Waals surface area contributed by atoms with Gasteiger partial charge in [-0.2, -0.15) is 0 Å². The molecule has 0 bridgehead atoms. The predicted octanol–water partition coefficient (Wildman–Crippen LogP) is 3.88. The Kier molecular flexibility index (Phi) is 5.97. The Morgan fingerprint density at radius 3 is 2.52 bits per heavy atom. The number of benzene rings is 1. The van der Waals surface area contributed by atoms with Crippen molar-refractivity contribution in [3.63, 3.8) is 0 Å². The fourth-order valence-corrected chi connectivity index (χ4v) is 3.07. The van der Waals surface area contributed by atoms with E-state index < -0.39 is 0 Å². The maximum Gasteiger partial charge on any atom is 0.332 e. The molecular weight excluding hydrogens is 288 g/mol. The van der Waals surface area contributed by atoms with Gasteiger partial charge in [-0.15, -0.1) is 6.58 Å². The van der Waals surface area contributed by atoms with Crippen LogP contribution >= 0.6 is 0 Å². The van der Waals surface area contributed by atoms with E-state index in [-0.39, 0.29) is 17.3 Å². The molecule has 2 aromatic rings. The summed E-state index contributed by atoms with van der Waals surface area (Å²) in [6, 6.07) is 7.07. The number of fused-ring (bicyclic) bond motifs is 1. The lowest BCUT2D eigenvalue weighted by molar-refractivity contribution is 0.471. The maximum absolute atomic E-state index is 12.8. The Morgan fingerprint density at radius 1 is 1.13 bits per heavy atom. The topological polar surface area (TPSA) is 44.0 Å². The van der Waals surface area contributed by atoms with E-state index in [0.29, 0.717) is 17.4 Å². The van der Waals surface area contributed by atoms with Gasteiger partial charge < -0.3 is 0 Å². The largest absolute Gasteiger partial charge is 0.332 e. The molecule has 1 atom stereocenters. The first-order valence-electron chi connectivity index (χ1n) is 8.52. The molecule has 0 saturated heterocycles. The first-order chi connectivity index (χ1) is 11.2. The van der Waals surface area contributed by atoms with Crippen molar-refractivity contribution in [2.75, 3.05) is 0 Å². The highest BCUT2D eigenvalue weighted by Gasteiger charge is 2.17. The monoisotopic (exact) mass is 314 g/mol. The molecule has 0 amide bonds. The summed E-state index contributed by atoms with van der Waals surface area (Å²) in [6.07, 6.45) is 6.96. The van der Waals surface area contributed by atoms with Crippen molar-refractivity contribution in [2.24, 2.45) is 0 Å². The van der Waals surface area contributed by atoms with Gasteiger partial charge >= 0.3 is 5.69 Å². The van der Waals surface area contributed by atoms with Gasteiger partial charge in [0.15, 0.2) is 0 Å². The van der Waals surface area contributed by atoms with Gasteiger partial charge in [-0.3, -0.25) is 13.9 Å². The lowest BCUT2D eigenvalue weighted by atomic mass is 10.1. The number of para-hydroxylation sites is 1. The summed E-state index contributed by atoms with van der Waals surface area (Å²) >= 11 is 0. The zero-order valence-electron chi connectivity index (χ0n) is 14.1. The number of nitrogens with zero attached hydrogens (tertiary/aromatic N) is 2. The Labute approximate surface area is 137 Å². The lowest BCUT2D eigenvalue weighted by Crippen LogP contribution is -2.41. The Hall–Kier alpha value is -2.10. The van der Waals surface area contributed by atoms with Crippen LogP contribution < -0.4 is 11.2 Å². The molecule has 4 nitrogen and oxygen atoms in total. The summed E-state index contributed by atoms with van der Waals surface area (Å²) in [7, 11) is 0. The third kappa shape index (κ3) is 3.46. The average molecular weight is 314 g/mol. The zero-order chi connectivity index (χ0) is 16.8. The van der Waals surface area contributed by atoms with Crippen LogP contribution in [0.25, 0.3) is 10.9 Å². The second-order valence-corrected chi connectivity index (χ2v) is 5.87. The second kappa shape index (κ2) is 7.95. The summed E-state index contributed by atoms with van der Waals surface area (Å²) in [4.78, 5) is 25.6. The van der Waals surface area contributed by atoms with Crippen LogP contribution in [-0.4, -0.2) is 9.13 Å². The third-order valence-electron chi connectivity index (χ3n) is 4.35. The van der Waals surface area contributed by atoms with Crippen molar-refractivity contribution >= 4 is 10.9 Å². The quantitative estimate of drug-likeness (QED) is 0.548. The second-order valence-electron chi connectivity index (χ2n) is 5.87. The number of rotatable bonds is 8. The van der Waals surface area contributed by atoms with Crippen molar-refractivity contribution in [1.29, 1.82) is 0 Å². The summed E-state index contributed by atoms with van der Waals surface area (Å²) in [6.45, 7) is 8.48. The van der Waals surface area contributed by atoms with Gasteiger partial charge in [-0.05, 0) is 25.5 Å². The molecule has 1 aromatic carbocycles. The van der Waals surface area contributed by atoms with Gasteiger partial charge in [-0.1, -0.05) is 50.8 Å². The number of unbranched alkanes of at least 4 members (excludes halogenated alkanes) is 3. The van der Waals surface area contributed by atoms with E-state index in [2.05, 4.69) is 13.5 Å². The smallest absolute Gasteiger partial charge is 0.293 e. The molecule has 4 heteroatoms. The van der Waals surface area contributed by atoms with E-state index in [1.807, 2.05) is 25.1 Å². The number of aromatic nitrogens is 2. The molecule has 0 aliphatic carbocycles. The highest BCUT2D eigenvalue weighted by molar-refractivity contribution is 5.77. The standard InChI is InChI=1S/C19H26N2O2/c1-4-7-8-9-12-15(5-2)21-18(22)16-13-10-11-14-17(16)20(6-3)19(21)23/h5,10-11,13-15H,2,4,6-9,12H2,1,3H3. The summed E-state index contributed by atoms with van der Waals surface area (Å²) in [5, 5.41) is 0.592. The fourth-order valence-electron chi connectivity index (χ4n) is 3.07. The molecule has 1 unspecified atom stereocenters. The highest BCUT2D eigenvalue weighted by Crippen LogP contribution is 2.16. The molecule has 0 aliphatic rings. The van der Waals surface area contributed by atoms with Gasteiger partial charge in [0.1, 0.15) is 0 Å². The Morgan fingerprint density at radius 2 is 1.87 bits per heavy atom. The van der Waals surface area contributed by atoms with Crippen LogP contribution in [0, 0.1) is 0 Å². The molecule has 1 aromatic heterocycles. The molecular formula is C19H26N2O2. The van der Waals surface area contributed by atoms with E-state index >= 15 is 0 Å². The van der Waals surface area contributed by atoms with E-state index in [4.69, 9.17) is 0 Å². The number of allylic oxidation sites excluding steroid dienone is 1. The fraction of sp³-hybridized carbons (Fsp3) is 0.474. The lowest BCUT2D eigenvalue weighted by Gasteiger charge is -2.18. The molecule has 0 fully saturated rings. The van der Waals surface area contributed by atoms with Crippen LogP contribution in [0.15, 0.2) is 46.5 Å². The first kappa shape index (κ1) is 17.3. The van der Waals surface area contributed by atoms with Gasteiger partial charge in [0.2, 0.25) is 0 Å². The highest BCUT2D eigenvalue weighted by atomic mass is 16.2. The minimum absolute atomic E-state index is 0.212. The normalized spacial score (nSPS) is 12.4. The van der Waals surface area contributed by atoms with Gasteiger partial charge in [0.25, 0.3) is 5.56 Å². The predicted molar refractivity (Wildman–Crippen MR) is 96.1 cm³/mol. The molecule has 0 spiro atoms. The van der Waals surface area contributed by atoms with Gasteiger partial charge in [0.05, 0.1) is 16.9 Å². The number of aryl methyl sites for hydroxylation is 1. The van der Waals surface area contributed by atoms with Crippen LogP contribution in [0.3, 0.4) is 0 Å². The van der Waals surface area contributed by atoms with Crippen LogP contribution in [0.4, 0.5) is 0 Å². The minimum Gasteiger partial charge on any atom is -0.293 e. The van der Waals surface area contributed by atoms with Crippen LogP contribution in [-0.2, 0) is 6.54 Å². The third-order valence-corrected chi connectivity index (χ3v) is 4.35. The van der Waals surface area contributed by atoms with E-state index in [1.165, 1.54) is 11.0 Å². The molecule has 1 heterocycles. The van der Waals surface area contributed by atoms with E-state index in [1.54, 1.807) is 16.7 Å². The summed E-state index contributed by atoms with van der Waals surface area (Å²) in [5.41, 5.74) is 0.252. The van der Waals surface area contributed by atoms with Crippen molar-refractivity contribution in [3.05, 3.63) is 57.8 Å². The van der Waals surface area contributed by atoms with Crippen LogP contribution in [0.1, 0.15) is 52.0 Å². The van der Waals surface area contributed by atoms with Crippen molar-refractivity contribution in [1.82, 2.24) is 9.13 Å². The minimum atomic E-state index is -0.241. The molecule has 2 rings (SSSR count). The molecule has 124 valence electrons. The van der Waals surface area contributed by atoms with Crippen LogP contribution in [0.5, 0.6) is 0 Å². The van der Waals surface area contributed by atoms with Gasteiger partial charge in [-0.25, -0.2) is 4.79 Å². The Balaban J connectivity index is 2.52. The molecule has 0 saturated carbocycles. The molecule has 0 aliphatic heterocycles. The molecule has 0 radical (unpaired) electrons.